The fraction of sp³-hybridized carbons (Fsp3) is 0.524. The summed E-state index contributed by atoms with van der Waals surface area (Å²) in [5.41, 5.74) is 1.52. The Hall–Kier alpha value is -1.95. The maximum Gasteiger partial charge on any atom is 0.387 e. The summed E-state index contributed by atoms with van der Waals surface area (Å²) in [6.45, 7) is 4.47. The van der Waals surface area contributed by atoms with E-state index in [0.717, 1.165) is 18.5 Å². The number of aromatic nitrogens is 1. The van der Waals surface area contributed by atoms with Crippen molar-refractivity contribution in [2.75, 3.05) is 13.1 Å². The Bertz CT molecular complexity index is 783. The van der Waals surface area contributed by atoms with Crippen molar-refractivity contribution in [3.05, 3.63) is 47.3 Å². The highest BCUT2D eigenvalue weighted by Gasteiger charge is 2.13. The van der Waals surface area contributed by atoms with Crippen LogP contribution in [0.25, 0.3) is 0 Å². The summed E-state index contributed by atoms with van der Waals surface area (Å²) >= 11 is 0. The van der Waals surface area contributed by atoms with Crippen LogP contribution in [0.4, 0.5) is 8.78 Å². The number of benzene rings is 1. The minimum Gasteiger partial charge on any atom is -0.435 e. The van der Waals surface area contributed by atoms with E-state index in [1.807, 2.05) is 13.0 Å². The van der Waals surface area contributed by atoms with Crippen LogP contribution < -0.4 is 15.4 Å². The summed E-state index contributed by atoms with van der Waals surface area (Å²) in [6.07, 6.45) is 1.16. The van der Waals surface area contributed by atoms with Gasteiger partial charge in [-0.2, -0.15) is 8.78 Å². The Morgan fingerprint density at radius 2 is 1.84 bits per heavy atom. The molecule has 1 aromatic carbocycles. The largest absolute Gasteiger partial charge is 0.435 e. The molecule has 3 N–H and O–H groups in total. The highest BCUT2D eigenvalue weighted by Crippen LogP contribution is 2.22. The average molecular weight is 552 g/mol. The number of halogens is 3. The molecule has 7 nitrogen and oxygen atoms in total. The lowest BCUT2D eigenvalue weighted by Gasteiger charge is -2.15. The molecule has 0 radical (unpaired) electrons. The molecule has 10 heteroatoms. The van der Waals surface area contributed by atoms with Gasteiger partial charge < -0.3 is 25.0 Å². The molecule has 31 heavy (non-hydrogen) atoms. The third-order valence-electron chi connectivity index (χ3n) is 4.67. The van der Waals surface area contributed by atoms with Crippen LogP contribution in [0, 0.1) is 0 Å². The van der Waals surface area contributed by atoms with Gasteiger partial charge in [-0.25, -0.2) is 4.99 Å². The summed E-state index contributed by atoms with van der Waals surface area (Å²) in [4.78, 5) is 4.47. The van der Waals surface area contributed by atoms with Crippen molar-refractivity contribution in [3.63, 3.8) is 0 Å². The van der Waals surface area contributed by atoms with Crippen LogP contribution in [0.3, 0.4) is 0 Å². The molecule has 0 bridgehead atoms. The number of aliphatic hydroxyl groups is 1. The molecular formula is C21H31F2IN4O3. The van der Waals surface area contributed by atoms with E-state index in [1.54, 1.807) is 12.1 Å². The van der Waals surface area contributed by atoms with E-state index in [-0.39, 0.29) is 36.3 Å². The molecule has 0 saturated carbocycles. The van der Waals surface area contributed by atoms with E-state index >= 15 is 0 Å². The second-order valence-corrected chi connectivity index (χ2v) is 6.77. The average Bonchev–Trinajstić information content (AvgIpc) is 3.19. The molecule has 0 amide bonds. The van der Waals surface area contributed by atoms with Gasteiger partial charge in [-0.3, -0.25) is 0 Å². The fourth-order valence-electron chi connectivity index (χ4n) is 2.98. The van der Waals surface area contributed by atoms with Crippen molar-refractivity contribution < 1.29 is 23.1 Å². The third-order valence-corrected chi connectivity index (χ3v) is 4.67. The number of nitrogens with zero attached hydrogens (tertiary/aromatic N) is 2. The van der Waals surface area contributed by atoms with Crippen molar-refractivity contribution in [3.8, 4) is 5.75 Å². The highest BCUT2D eigenvalue weighted by molar-refractivity contribution is 14.0. The van der Waals surface area contributed by atoms with Gasteiger partial charge in [0.1, 0.15) is 12.3 Å². The van der Waals surface area contributed by atoms with Crippen molar-refractivity contribution >= 4 is 29.9 Å². The molecule has 174 valence electrons. The Labute approximate surface area is 198 Å². The van der Waals surface area contributed by atoms with Crippen LogP contribution in [0.15, 0.2) is 39.8 Å². The molecule has 0 aliphatic carbocycles. The first-order chi connectivity index (χ1) is 14.5. The van der Waals surface area contributed by atoms with E-state index in [9.17, 15) is 13.9 Å². The summed E-state index contributed by atoms with van der Waals surface area (Å²) < 4.78 is 34.1. The molecule has 1 aromatic heterocycles. The van der Waals surface area contributed by atoms with Gasteiger partial charge in [-0.1, -0.05) is 31.1 Å². The van der Waals surface area contributed by atoms with Gasteiger partial charge in [0, 0.05) is 25.1 Å². The minimum atomic E-state index is -2.88. The number of hydrogen-bond acceptors (Lipinski definition) is 5. The van der Waals surface area contributed by atoms with Crippen LogP contribution in [-0.2, 0) is 6.54 Å². The molecular weight excluding hydrogens is 521 g/mol. The predicted octanol–water partition coefficient (Wildman–Crippen LogP) is 4.59. The molecule has 0 fully saturated rings. The number of aliphatic imine (C=N–C) groups is 1. The topological polar surface area (TPSA) is 91.9 Å². The Balaban J connectivity index is 0.00000480. The van der Waals surface area contributed by atoms with E-state index < -0.39 is 12.7 Å². The predicted molar refractivity (Wildman–Crippen MR) is 126 cm³/mol. The Kier molecular flexibility index (Phi) is 12.4. The fourth-order valence-corrected chi connectivity index (χ4v) is 2.98. The van der Waals surface area contributed by atoms with Gasteiger partial charge >= 0.3 is 6.61 Å². The second kappa shape index (κ2) is 14.2. The zero-order valence-corrected chi connectivity index (χ0v) is 20.3. The lowest BCUT2D eigenvalue weighted by atomic mass is 9.99. The van der Waals surface area contributed by atoms with Gasteiger partial charge in [-0.05, 0) is 37.5 Å². The zero-order valence-electron chi connectivity index (χ0n) is 18.0. The first kappa shape index (κ1) is 27.1. The monoisotopic (exact) mass is 552 g/mol. The van der Waals surface area contributed by atoms with Gasteiger partial charge in [0.2, 0.25) is 0 Å². The molecule has 0 aliphatic heterocycles. The smallest absolute Gasteiger partial charge is 0.387 e. The Morgan fingerprint density at radius 3 is 2.42 bits per heavy atom. The van der Waals surface area contributed by atoms with Crippen LogP contribution >= 0.6 is 24.0 Å². The number of ether oxygens (including phenoxy) is 1. The second-order valence-electron chi connectivity index (χ2n) is 6.77. The summed E-state index contributed by atoms with van der Waals surface area (Å²) in [5.74, 6) is 1.62. The molecule has 1 heterocycles. The minimum absolute atomic E-state index is 0. The van der Waals surface area contributed by atoms with Gasteiger partial charge in [-0.15, -0.1) is 24.0 Å². The van der Waals surface area contributed by atoms with Crippen molar-refractivity contribution in [2.24, 2.45) is 4.99 Å². The maximum absolute atomic E-state index is 12.2. The van der Waals surface area contributed by atoms with Crippen molar-refractivity contribution in [1.82, 2.24) is 15.8 Å². The van der Waals surface area contributed by atoms with Crippen LogP contribution in [-0.4, -0.2) is 35.9 Å². The normalized spacial score (nSPS) is 12.6. The third kappa shape index (κ3) is 8.98. The van der Waals surface area contributed by atoms with Gasteiger partial charge in [0.25, 0.3) is 0 Å². The SMILES string of the molecule is CCNC(=NCc1cc(C(CC)CC)no1)NCC(O)c1ccc(OC(F)F)cc1.I. The van der Waals surface area contributed by atoms with E-state index in [1.165, 1.54) is 12.1 Å². The molecule has 0 aliphatic rings. The lowest BCUT2D eigenvalue weighted by molar-refractivity contribution is -0.0498. The quantitative estimate of drug-likeness (QED) is 0.215. The molecule has 1 atom stereocenters. The summed E-state index contributed by atoms with van der Waals surface area (Å²) in [6, 6.07) is 7.81. The molecule has 2 aromatic rings. The molecule has 2 rings (SSSR count). The number of alkyl halides is 2. The van der Waals surface area contributed by atoms with E-state index in [4.69, 9.17) is 4.52 Å². The number of rotatable bonds is 11. The van der Waals surface area contributed by atoms with Crippen molar-refractivity contribution in [1.29, 1.82) is 0 Å². The maximum atomic E-state index is 12.2. The number of guanidine groups is 1. The number of aliphatic hydroxyl groups excluding tert-OH is 1. The summed E-state index contributed by atoms with van der Waals surface area (Å²) in [7, 11) is 0. The Morgan fingerprint density at radius 1 is 1.16 bits per heavy atom. The number of hydrogen-bond donors (Lipinski definition) is 3. The highest BCUT2D eigenvalue weighted by atomic mass is 127. The molecule has 1 unspecified atom stereocenters. The van der Waals surface area contributed by atoms with Crippen LogP contribution in [0.5, 0.6) is 5.75 Å². The standard InChI is InChI=1S/C21H30F2N4O3.HI/c1-4-14(5-2)18-11-17(30-27-18)12-25-21(24-6-3)26-13-19(28)15-7-9-16(10-8-15)29-20(22)23;/h7-11,14,19-20,28H,4-6,12-13H2,1-3H3,(H2,24,25,26);1H. The van der Waals surface area contributed by atoms with E-state index in [0.29, 0.717) is 36.3 Å². The zero-order chi connectivity index (χ0) is 21.9. The van der Waals surface area contributed by atoms with Gasteiger partial charge in [0.05, 0.1) is 11.8 Å². The van der Waals surface area contributed by atoms with Crippen LogP contribution in [0.1, 0.15) is 62.7 Å². The molecule has 0 spiro atoms. The lowest BCUT2D eigenvalue weighted by Crippen LogP contribution is -2.39. The summed E-state index contributed by atoms with van der Waals surface area (Å²) in [5, 5.41) is 20.7. The van der Waals surface area contributed by atoms with Crippen molar-refractivity contribution in [2.45, 2.75) is 58.8 Å². The van der Waals surface area contributed by atoms with Gasteiger partial charge in [0.15, 0.2) is 11.7 Å². The first-order valence-corrected chi connectivity index (χ1v) is 10.2. The number of nitrogens with one attached hydrogen (secondary N) is 2. The first-order valence-electron chi connectivity index (χ1n) is 10.2. The van der Waals surface area contributed by atoms with E-state index in [2.05, 4.69) is 39.4 Å². The van der Waals surface area contributed by atoms with Crippen LogP contribution in [0.2, 0.25) is 0 Å². The molecule has 0 saturated heterocycles.